The molecule has 0 radical (unpaired) electrons. The van der Waals surface area contributed by atoms with Gasteiger partial charge in [0.15, 0.2) is 0 Å². The van der Waals surface area contributed by atoms with Crippen LogP contribution in [0.5, 0.6) is 5.75 Å². The fourth-order valence-corrected chi connectivity index (χ4v) is 4.73. The molecule has 2 aromatic carbocycles. The monoisotopic (exact) mass is 413 g/mol. The molecule has 2 rings (SSSR count). The summed E-state index contributed by atoms with van der Waals surface area (Å²) in [5.41, 5.74) is 1.65. The molecule has 0 spiro atoms. The fraction of sp³-hybridized carbons (Fsp3) is 0.400. The van der Waals surface area contributed by atoms with Gasteiger partial charge >= 0.3 is 0 Å². The summed E-state index contributed by atoms with van der Waals surface area (Å²) in [4.78, 5) is 3.06. The Morgan fingerprint density at radius 3 is 2.31 bits per heavy atom. The third-order valence-electron chi connectivity index (χ3n) is 4.29. The van der Waals surface area contributed by atoms with Gasteiger partial charge in [0.1, 0.15) is 5.75 Å². The second kappa shape index (κ2) is 9.12. The van der Waals surface area contributed by atoms with Crippen molar-refractivity contribution < 1.29 is 9.32 Å². The van der Waals surface area contributed by atoms with E-state index in [9.17, 15) is 9.32 Å². The number of hydrogen-bond acceptors (Lipinski definition) is 3. The molecule has 26 heavy (non-hydrogen) atoms. The number of phenols is 1. The highest BCUT2D eigenvalue weighted by Crippen LogP contribution is 2.37. The maximum atomic E-state index is 13.1. The van der Waals surface area contributed by atoms with Gasteiger partial charge in [-0.3, -0.25) is 0 Å². The van der Waals surface area contributed by atoms with E-state index in [2.05, 4.69) is 11.8 Å². The molecular weight excluding hydrogens is 389 g/mol. The van der Waals surface area contributed by atoms with Gasteiger partial charge in [0.05, 0.1) is 25.7 Å². The second-order valence-electron chi connectivity index (χ2n) is 6.66. The predicted octanol–water partition coefficient (Wildman–Crippen LogP) is 6.23. The van der Waals surface area contributed by atoms with Crippen LogP contribution >= 0.6 is 23.2 Å². The van der Waals surface area contributed by atoms with Crippen LogP contribution in [0.2, 0.25) is 10.0 Å². The molecule has 142 valence electrons. The zero-order valence-electron chi connectivity index (χ0n) is 15.6. The molecule has 1 N–H and O–H groups in total. The van der Waals surface area contributed by atoms with E-state index in [0.717, 1.165) is 30.6 Å². The van der Waals surface area contributed by atoms with Crippen molar-refractivity contribution in [1.29, 1.82) is 0 Å². The van der Waals surface area contributed by atoms with E-state index >= 15 is 0 Å². The highest BCUT2D eigenvalue weighted by Gasteiger charge is 2.19. The zero-order chi connectivity index (χ0) is 19.4. The van der Waals surface area contributed by atoms with Gasteiger partial charge in [-0.1, -0.05) is 50.4 Å². The number of benzene rings is 2. The molecule has 0 amide bonds. The third kappa shape index (κ3) is 4.73. The molecule has 1 atom stereocenters. The Hall–Kier alpha value is -1.23. The minimum absolute atomic E-state index is 0.118. The third-order valence-corrected chi connectivity index (χ3v) is 6.60. The Labute approximate surface area is 168 Å². The Bertz CT molecular complexity index is 785. The van der Waals surface area contributed by atoms with E-state index in [1.165, 1.54) is 0 Å². The Morgan fingerprint density at radius 2 is 1.77 bits per heavy atom. The molecule has 0 aliphatic carbocycles. The van der Waals surface area contributed by atoms with Crippen molar-refractivity contribution in [3.05, 3.63) is 45.9 Å². The lowest BCUT2D eigenvalue weighted by atomic mass is 10.0. The Morgan fingerprint density at radius 1 is 1.15 bits per heavy atom. The summed E-state index contributed by atoms with van der Waals surface area (Å²) in [6.45, 7) is 7.00. The van der Waals surface area contributed by atoms with Crippen LogP contribution in [-0.4, -0.2) is 22.9 Å². The molecular formula is C20H25Cl2NO2S. The average Bonchev–Trinajstić information content (AvgIpc) is 2.58. The molecule has 0 aliphatic heterocycles. The molecule has 0 aromatic heterocycles. The Kier molecular flexibility index (Phi) is 7.39. The van der Waals surface area contributed by atoms with Crippen molar-refractivity contribution in [2.45, 2.75) is 49.3 Å². The van der Waals surface area contributed by atoms with Gasteiger partial charge in [-0.15, -0.1) is 0 Å². The van der Waals surface area contributed by atoms with E-state index in [-0.39, 0.29) is 11.7 Å². The first-order valence-electron chi connectivity index (χ1n) is 8.71. The smallest absolute Gasteiger partial charge is 0.119 e. The normalized spacial score (nSPS) is 12.4. The molecule has 0 saturated carbocycles. The number of hydrogen-bond donors (Lipinski definition) is 1. The van der Waals surface area contributed by atoms with Crippen molar-refractivity contribution in [2.75, 3.05) is 18.5 Å². The van der Waals surface area contributed by atoms with E-state index in [0.29, 0.717) is 19.8 Å². The number of rotatable bonds is 7. The number of halogens is 2. The summed E-state index contributed by atoms with van der Waals surface area (Å²) in [6, 6.07) is 8.58. The van der Waals surface area contributed by atoms with E-state index < -0.39 is 10.8 Å². The molecule has 0 fully saturated rings. The molecule has 3 nitrogen and oxygen atoms in total. The number of aromatic hydroxyl groups is 1. The van der Waals surface area contributed by atoms with Crippen LogP contribution in [0.25, 0.3) is 0 Å². The molecule has 2 aromatic rings. The van der Waals surface area contributed by atoms with Gasteiger partial charge in [0.2, 0.25) is 0 Å². The summed E-state index contributed by atoms with van der Waals surface area (Å²) in [5.74, 6) is 0.318. The van der Waals surface area contributed by atoms with Crippen LogP contribution in [0, 0.1) is 0 Å². The molecule has 0 aliphatic rings. The number of nitrogens with zero attached hydrogens (tertiary/aromatic N) is 1. The van der Waals surface area contributed by atoms with Crippen molar-refractivity contribution in [3.8, 4) is 5.75 Å². The summed E-state index contributed by atoms with van der Waals surface area (Å²) < 4.78 is 13.1. The van der Waals surface area contributed by atoms with Gasteiger partial charge in [0.25, 0.3) is 0 Å². The first-order valence-corrected chi connectivity index (χ1v) is 10.6. The van der Waals surface area contributed by atoms with Crippen LogP contribution < -0.4 is 4.90 Å². The largest absolute Gasteiger partial charge is 0.508 e. The summed E-state index contributed by atoms with van der Waals surface area (Å²) >= 11 is 12.9. The SMILES string of the molecule is CCCCN(C)c1cc(Cl)c(S(=O)c2ccc(O)c(C(C)C)c2)c(Cl)c1. The van der Waals surface area contributed by atoms with Crippen LogP contribution in [0.15, 0.2) is 40.1 Å². The van der Waals surface area contributed by atoms with Crippen LogP contribution in [0.4, 0.5) is 5.69 Å². The van der Waals surface area contributed by atoms with Crippen LogP contribution in [0.3, 0.4) is 0 Å². The fourth-order valence-electron chi connectivity index (χ4n) is 2.70. The highest BCUT2D eigenvalue weighted by molar-refractivity contribution is 7.85. The molecule has 1 unspecified atom stereocenters. The van der Waals surface area contributed by atoms with Crippen molar-refractivity contribution in [1.82, 2.24) is 0 Å². The minimum Gasteiger partial charge on any atom is -0.508 e. The molecule has 0 saturated heterocycles. The minimum atomic E-state index is -1.53. The lowest BCUT2D eigenvalue weighted by Gasteiger charge is -2.21. The summed E-state index contributed by atoms with van der Waals surface area (Å²) in [5, 5.41) is 10.7. The highest BCUT2D eigenvalue weighted by atomic mass is 35.5. The number of phenolic OH excluding ortho intramolecular Hbond substituents is 1. The number of anilines is 1. The maximum absolute atomic E-state index is 13.1. The summed E-state index contributed by atoms with van der Waals surface area (Å²) in [6.07, 6.45) is 2.18. The summed E-state index contributed by atoms with van der Waals surface area (Å²) in [7, 11) is 0.464. The average molecular weight is 414 g/mol. The van der Waals surface area contributed by atoms with E-state index in [1.807, 2.05) is 20.9 Å². The van der Waals surface area contributed by atoms with Crippen molar-refractivity contribution in [3.63, 3.8) is 0 Å². The zero-order valence-corrected chi connectivity index (χ0v) is 17.9. The van der Waals surface area contributed by atoms with Gasteiger partial charge in [-0.05, 0) is 48.2 Å². The molecule has 0 heterocycles. The first kappa shape index (κ1) is 21.1. The van der Waals surface area contributed by atoms with Crippen molar-refractivity contribution in [2.24, 2.45) is 0 Å². The maximum Gasteiger partial charge on any atom is 0.119 e. The lowest BCUT2D eigenvalue weighted by Crippen LogP contribution is -2.18. The van der Waals surface area contributed by atoms with E-state index in [1.54, 1.807) is 30.3 Å². The van der Waals surface area contributed by atoms with Gasteiger partial charge < -0.3 is 10.0 Å². The van der Waals surface area contributed by atoms with Crippen LogP contribution in [0.1, 0.15) is 45.1 Å². The molecule has 0 bridgehead atoms. The molecule has 6 heteroatoms. The topological polar surface area (TPSA) is 40.5 Å². The van der Waals surface area contributed by atoms with Crippen LogP contribution in [-0.2, 0) is 10.8 Å². The van der Waals surface area contributed by atoms with Gasteiger partial charge in [0, 0.05) is 24.2 Å². The quantitative estimate of drug-likeness (QED) is 0.584. The van der Waals surface area contributed by atoms with Crippen molar-refractivity contribution >= 4 is 39.7 Å². The van der Waals surface area contributed by atoms with E-state index in [4.69, 9.17) is 23.2 Å². The lowest BCUT2D eigenvalue weighted by molar-refractivity contribution is 0.464. The van der Waals surface area contributed by atoms with Gasteiger partial charge in [-0.25, -0.2) is 4.21 Å². The Balaban J connectivity index is 2.39. The number of unbranched alkanes of at least 4 members (excludes halogenated alkanes) is 1. The standard InChI is InChI=1S/C20H25Cl2NO2S/c1-5-6-9-23(4)14-10-17(21)20(18(22)11-14)26(25)15-7-8-19(24)16(12-15)13(2)3/h7-8,10-13,24H,5-6,9H2,1-4H3. The first-order chi connectivity index (χ1) is 12.3. The van der Waals surface area contributed by atoms with Gasteiger partial charge in [-0.2, -0.15) is 0 Å². The second-order valence-corrected chi connectivity index (χ2v) is 8.89. The predicted molar refractivity (Wildman–Crippen MR) is 112 cm³/mol.